The van der Waals surface area contributed by atoms with Gasteiger partial charge >= 0.3 is 0 Å². The molecule has 1 fully saturated rings. The molecule has 0 aliphatic carbocycles. The summed E-state index contributed by atoms with van der Waals surface area (Å²) >= 11 is 0. The monoisotopic (exact) mass is 393 g/mol. The molecule has 0 atom stereocenters. The summed E-state index contributed by atoms with van der Waals surface area (Å²) in [5.41, 5.74) is 3.08. The Labute approximate surface area is 169 Å². The number of pyridine rings is 1. The first kappa shape index (κ1) is 19.3. The normalized spacial score (nSPS) is 14.4. The van der Waals surface area contributed by atoms with Gasteiger partial charge < -0.3 is 10.4 Å². The van der Waals surface area contributed by atoms with Crippen molar-refractivity contribution >= 4 is 16.8 Å². The highest BCUT2D eigenvalue weighted by atomic mass is 19.1. The van der Waals surface area contributed by atoms with Gasteiger partial charge in [-0.05, 0) is 61.3 Å². The molecule has 29 heavy (non-hydrogen) atoms. The second-order valence-electron chi connectivity index (χ2n) is 7.51. The molecule has 4 rings (SSSR count). The number of phenols is 1. The van der Waals surface area contributed by atoms with Gasteiger partial charge in [-0.3, -0.25) is 14.7 Å². The molecule has 0 spiro atoms. The van der Waals surface area contributed by atoms with E-state index in [4.69, 9.17) is 0 Å². The minimum absolute atomic E-state index is 0.136. The van der Waals surface area contributed by atoms with Gasteiger partial charge in [0.05, 0.1) is 6.42 Å². The molecule has 1 aliphatic rings. The van der Waals surface area contributed by atoms with E-state index >= 15 is 0 Å². The van der Waals surface area contributed by atoms with E-state index in [0.717, 1.165) is 35.2 Å². The van der Waals surface area contributed by atoms with Crippen LogP contribution in [0.3, 0.4) is 0 Å². The Hall–Kier alpha value is -2.99. The first-order valence-electron chi connectivity index (χ1n) is 9.92. The number of rotatable bonds is 6. The molecule has 6 heteroatoms. The van der Waals surface area contributed by atoms with Gasteiger partial charge in [0.15, 0.2) is 0 Å². The number of amides is 1. The van der Waals surface area contributed by atoms with E-state index in [1.165, 1.54) is 25.0 Å². The number of likely N-dealkylation sites (tertiary alicyclic amines) is 1. The molecule has 5 nitrogen and oxygen atoms in total. The van der Waals surface area contributed by atoms with Crippen molar-refractivity contribution in [3.8, 4) is 5.75 Å². The van der Waals surface area contributed by atoms with E-state index in [9.17, 15) is 14.3 Å². The number of aromatic hydroxyl groups is 1. The number of carbonyl (C=O) groups is 1. The first-order chi connectivity index (χ1) is 14.1. The number of hydrogen-bond acceptors (Lipinski definition) is 4. The topological polar surface area (TPSA) is 65.5 Å². The molecule has 0 bridgehead atoms. The molecule has 0 saturated carbocycles. The number of aromatic nitrogens is 1. The molecule has 0 radical (unpaired) electrons. The van der Waals surface area contributed by atoms with Gasteiger partial charge in [-0.25, -0.2) is 4.39 Å². The van der Waals surface area contributed by atoms with Crippen LogP contribution in [0.25, 0.3) is 10.9 Å². The lowest BCUT2D eigenvalue weighted by Crippen LogP contribution is -2.25. The summed E-state index contributed by atoms with van der Waals surface area (Å²) < 4.78 is 13.0. The third-order valence-electron chi connectivity index (χ3n) is 5.38. The van der Waals surface area contributed by atoms with E-state index in [2.05, 4.69) is 15.2 Å². The van der Waals surface area contributed by atoms with E-state index in [1.807, 2.05) is 18.2 Å². The molecule has 1 aliphatic heterocycles. The zero-order chi connectivity index (χ0) is 20.2. The number of fused-ring (bicyclic) bond motifs is 1. The van der Waals surface area contributed by atoms with Crippen LogP contribution < -0.4 is 5.32 Å². The van der Waals surface area contributed by atoms with Crippen molar-refractivity contribution in [3.05, 3.63) is 71.2 Å². The van der Waals surface area contributed by atoms with Gasteiger partial charge in [-0.1, -0.05) is 18.2 Å². The maximum Gasteiger partial charge on any atom is 0.224 e. The van der Waals surface area contributed by atoms with Gasteiger partial charge in [0.1, 0.15) is 17.1 Å². The molecular formula is C23H24FN3O2. The summed E-state index contributed by atoms with van der Waals surface area (Å²) in [6.07, 6.45) is 4.21. The van der Waals surface area contributed by atoms with Crippen LogP contribution in [0.5, 0.6) is 5.75 Å². The largest absolute Gasteiger partial charge is 0.505 e. The van der Waals surface area contributed by atoms with Crippen LogP contribution in [-0.4, -0.2) is 34.0 Å². The minimum atomic E-state index is -0.317. The summed E-state index contributed by atoms with van der Waals surface area (Å²) in [5, 5.41) is 14.5. The Kier molecular flexibility index (Phi) is 5.71. The maximum atomic E-state index is 13.0. The fourth-order valence-corrected chi connectivity index (χ4v) is 3.85. The first-order valence-corrected chi connectivity index (χ1v) is 9.92. The molecule has 2 N–H and O–H groups in total. The second-order valence-corrected chi connectivity index (χ2v) is 7.51. The van der Waals surface area contributed by atoms with Crippen LogP contribution in [0.1, 0.15) is 29.5 Å². The molecule has 2 aromatic carbocycles. The van der Waals surface area contributed by atoms with Crippen molar-refractivity contribution in [1.82, 2.24) is 15.2 Å². The van der Waals surface area contributed by atoms with Crippen LogP contribution in [-0.2, 0) is 24.3 Å². The molecule has 1 amide bonds. The average molecular weight is 393 g/mol. The molecular weight excluding hydrogens is 369 g/mol. The number of phenolic OH excluding ortho intramolecular Hbond substituents is 1. The van der Waals surface area contributed by atoms with Crippen molar-refractivity contribution in [3.63, 3.8) is 0 Å². The van der Waals surface area contributed by atoms with E-state index < -0.39 is 0 Å². The van der Waals surface area contributed by atoms with Crippen molar-refractivity contribution in [2.45, 2.75) is 32.4 Å². The van der Waals surface area contributed by atoms with E-state index in [1.54, 1.807) is 18.3 Å². The molecule has 2 heterocycles. The summed E-state index contributed by atoms with van der Waals surface area (Å²) in [5.74, 6) is -0.237. The van der Waals surface area contributed by atoms with Crippen LogP contribution in [0, 0.1) is 5.82 Å². The van der Waals surface area contributed by atoms with Gasteiger partial charge in [-0.15, -0.1) is 0 Å². The fourth-order valence-electron chi connectivity index (χ4n) is 3.85. The summed E-state index contributed by atoms with van der Waals surface area (Å²) in [4.78, 5) is 19.0. The lowest BCUT2D eigenvalue weighted by atomic mass is 10.0. The maximum absolute atomic E-state index is 13.0. The fraction of sp³-hybridized carbons (Fsp3) is 0.304. The predicted molar refractivity (Wildman–Crippen MR) is 110 cm³/mol. The summed E-state index contributed by atoms with van der Waals surface area (Å²) in [6.45, 7) is 3.08. The molecule has 150 valence electrons. The number of nitrogens with zero attached hydrogens (tertiary/aromatic N) is 2. The van der Waals surface area contributed by atoms with Crippen LogP contribution in [0.15, 0.2) is 48.7 Å². The van der Waals surface area contributed by atoms with Crippen LogP contribution >= 0.6 is 0 Å². The van der Waals surface area contributed by atoms with Crippen LogP contribution in [0.2, 0.25) is 0 Å². The molecule has 1 aromatic heterocycles. The third-order valence-corrected chi connectivity index (χ3v) is 5.38. The van der Waals surface area contributed by atoms with Crippen LogP contribution in [0.4, 0.5) is 4.39 Å². The number of nitrogens with one attached hydrogen (secondary N) is 1. The zero-order valence-electron chi connectivity index (χ0n) is 16.2. The molecule has 3 aromatic rings. The van der Waals surface area contributed by atoms with Gasteiger partial charge in [0.25, 0.3) is 0 Å². The number of carbonyl (C=O) groups excluding carboxylic acids is 1. The van der Waals surface area contributed by atoms with Crippen molar-refractivity contribution < 1.29 is 14.3 Å². The van der Waals surface area contributed by atoms with E-state index in [-0.39, 0.29) is 23.9 Å². The van der Waals surface area contributed by atoms with Crippen molar-refractivity contribution in [2.24, 2.45) is 0 Å². The third kappa shape index (κ3) is 4.54. The molecule has 1 saturated heterocycles. The lowest BCUT2D eigenvalue weighted by Gasteiger charge is -2.18. The summed E-state index contributed by atoms with van der Waals surface area (Å²) in [7, 11) is 0. The lowest BCUT2D eigenvalue weighted by molar-refractivity contribution is -0.120. The highest BCUT2D eigenvalue weighted by Crippen LogP contribution is 2.31. The number of hydrogen-bond donors (Lipinski definition) is 2. The minimum Gasteiger partial charge on any atom is -0.505 e. The quantitative estimate of drug-likeness (QED) is 0.672. The number of halogens is 1. The van der Waals surface area contributed by atoms with Gasteiger partial charge in [0, 0.05) is 30.2 Å². The smallest absolute Gasteiger partial charge is 0.224 e. The van der Waals surface area contributed by atoms with Gasteiger partial charge in [-0.2, -0.15) is 0 Å². The Bertz CT molecular complexity index is 1010. The van der Waals surface area contributed by atoms with Crippen molar-refractivity contribution in [2.75, 3.05) is 13.1 Å². The highest BCUT2D eigenvalue weighted by Gasteiger charge is 2.18. The Morgan fingerprint density at radius 2 is 1.90 bits per heavy atom. The Morgan fingerprint density at radius 3 is 2.66 bits per heavy atom. The van der Waals surface area contributed by atoms with Gasteiger partial charge in [0.2, 0.25) is 5.91 Å². The average Bonchev–Trinajstić information content (AvgIpc) is 3.24. The zero-order valence-corrected chi connectivity index (χ0v) is 16.2. The Balaban J connectivity index is 1.53. The second kappa shape index (κ2) is 8.57. The summed E-state index contributed by atoms with van der Waals surface area (Å²) in [6, 6.07) is 11.6. The van der Waals surface area contributed by atoms with E-state index in [0.29, 0.717) is 18.6 Å². The predicted octanol–water partition coefficient (Wildman–Crippen LogP) is 3.53. The Morgan fingerprint density at radius 1 is 1.14 bits per heavy atom. The number of benzene rings is 2. The highest BCUT2D eigenvalue weighted by molar-refractivity contribution is 5.89. The standard InChI is InChI=1S/C23H24FN3O2/c24-19-7-5-16(6-8-19)12-21(28)26-14-17-13-18(15-27-10-1-2-11-27)23(29)22-20(17)4-3-9-25-22/h3-9,13,29H,1-2,10-12,14-15H2,(H,26,28). The molecule has 0 unspecified atom stereocenters. The van der Waals surface area contributed by atoms with Crippen molar-refractivity contribution in [1.29, 1.82) is 0 Å². The SMILES string of the molecule is O=C(Cc1ccc(F)cc1)NCc1cc(CN2CCCC2)c(O)c2ncccc12.